The van der Waals surface area contributed by atoms with Gasteiger partial charge in [0.1, 0.15) is 11.5 Å². The number of amides is 1. The van der Waals surface area contributed by atoms with E-state index in [0.717, 1.165) is 11.3 Å². The van der Waals surface area contributed by atoms with Gasteiger partial charge in [0.15, 0.2) is 6.10 Å². The van der Waals surface area contributed by atoms with Crippen molar-refractivity contribution >= 4 is 17.5 Å². The first-order chi connectivity index (χ1) is 11.5. The first-order valence-electron chi connectivity index (χ1n) is 7.90. The minimum atomic E-state index is -0.566. The monoisotopic (exact) mass is 347 g/mol. The van der Waals surface area contributed by atoms with Gasteiger partial charge in [-0.3, -0.25) is 4.79 Å². The van der Waals surface area contributed by atoms with Gasteiger partial charge in [0.05, 0.1) is 13.2 Å². The number of carbonyl (C=O) groups excluding carboxylic acids is 1. The molecule has 0 bridgehead atoms. The number of hydrogen-bond donors (Lipinski definition) is 1. The first kappa shape index (κ1) is 18.1. The number of rotatable bonds is 7. The number of hydrogen-bond acceptors (Lipinski definition) is 3. The summed E-state index contributed by atoms with van der Waals surface area (Å²) < 4.78 is 10.9. The highest BCUT2D eigenvalue weighted by Crippen LogP contribution is 2.20. The molecule has 1 amide bonds. The van der Waals surface area contributed by atoms with Crippen LogP contribution < -0.4 is 14.8 Å². The molecule has 0 aromatic heterocycles. The summed E-state index contributed by atoms with van der Waals surface area (Å²) >= 11 is 5.95. The van der Waals surface area contributed by atoms with Crippen LogP contribution in [0.2, 0.25) is 5.02 Å². The van der Waals surface area contributed by atoms with E-state index in [2.05, 4.69) is 5.32 Å². The second kappa shape index (κ2) is 8.60. The van der Waals surface area contributed by atoms with Crippen molar-refractivity contribution in [1.29, 1.82) is 0 Å². The van der Waals surface area contributed by atoms with Crippen LogP contribution in [-0.2, 0) is 4.79 Å². The molecule has 2 atom stereocenters. The van der Waals surface area contributed by atoms with Gasteiger partial charge in [0.25, 0.3) is 5.91 Å². The van der Waals surface area contributed by atoms with Crippen molar-refractivity contribution in [1.82, 2.24) is 5.32 Å². The number of halogens is 1. The predicted octanol–water partition coefficient (Wildman–Crippen LogP) is 4.38. The first-order valence-corrected chi connectivity index (χ1v) is 8.27. The van der Waals surface area contributed by atoms with Crippen molar-refractivity contribution in [3.05, 3.63) is 59.1 Å². The molecule has 0 aliphatic heterocycles. The summed E-state index contributed by atoms with van der Waals surface area (Å²) in [5, 5.41) is 3.56. The molecule has 24 heavy (non-hydrogen) atoms. The molecule has 0 radical (unpaired) electrons. The van der Waals surface area contributed by atoms with E-state index in [1.54, 1.807) is 31.4 Å². The van der Waals surface area contributed by atoms with E-state index >= 15 is 0 Å². The van der Waals surface area contributed by atoms with Gasteiger partial charge in [0.2, 0.25) is 0 Å². The van der Waals surface area contributed by atoms with E-state index in [0.29, 0.717) is 17.2 Å². The molecule has 0 unspecified atom stereocenters. The lowest BCUT2D eigenvalue weighted by Crippen LogP contribution is -2.39. The fourth-order valence-electron chi connectivity index (χ4n) is 2.31. The minimum Gasteiger partial charge on any atom is -0.497 e. The highest BCUT2D eigenvalue weighted by molar-refractivity contribution is 6.30. The van der Waals surface area contributed by atoms with Crippen LogP contribution in [0.3, 0.4) is 0 Å². The van der Waals surface area contributed by atoms with E-state index < -0.39 is 6.10 Å². The van der Waals surface area contributed by atoms with Crippen LogP contribution in [0.1, 0.15) is 31.9 Å². The Balaban J connectivity index is 1.99. The van der Waals surface area contributed by atoms with E-state index in [1.807, 2.05) is 38.1 Å². The third-order valence-electron chi connectivity index (χ3n) is 3.71. The fourth-order valence-corrected chi connectivity index (χ4v) is 2.49. The molecule has 2 rings (SSSR count). The molecule has 0 heterocycles. The van der Waals surface area contributed by atoms with Crippen LogP contribution in [-0.4, -0.2) is 19.1 Å². The lowest BCUT2D eigenvalue weighted by Gasteiger charge is -2.21. The molecule has 0 fully saturated rings. The number of ether oxygens (including phenoxy) is 2. The van der Waals surface area contributed by atoms with Crippen molar-refractivity contribution in [2.45, 2.75) is 32.4 Å². The third kappa shape index (κ3) is 4.90. The Hall–Kier alpha value is -2.20. The zero-order valence-corrected chi connectivity index (χ0v) is 14.8. The SMILES string of the molecule is CC[C@@H](Oc1cccc(Cl)c1)C(=O)N[C@@H](C)c1ccc(OC)cc1. The zero-order valence-electron chi connectivity index (χ0n) is 14.1. The van der Waals surface area contributed by atoms with Gasteiger partial charge in [-0.05, 0) is 49.2 Å². The molecule has 128 valence electrons. The number of benzene rings is 2. The maximum Gasteiger partial charge on any atom is 0.261 e. The Morgan fingerprint density at radius 1 is 1.17 bits per heavy atom. The topological polar surface area (TPSA) is 47.6 Å². The molecule has 5 heteroatoms. The zero-order chi connectivity index (χ0) is 17.5. The van der Waals surface area contributed by atoms with E-state index in [9.17, 15) is 4.79 Å². The smallest absolute Gasteiger partial charge is 0.261 e. The van der Waals surface area contributed by atoms with Crippen LogP contribution in [0.15, 0.2) is 48.5 Å². The molecule has 2 aromatic carbocycles. The fraction of sp³-hybridized carbons (Fsp3) is 0.316. The molecule has 1 N–H and O–H groups in total. The summed E-state index contributed by atoms with van der Waals surface area (Å²) in [6.07, 6.45) is -0.00241. The lowest BCUT2D eigenvalue weighted by molar-refractivity contribution is -0.128. The van der Waals surface area contributed by atoms with Crippen molar-refractivity contribution in [2.24, 2.45) is 0 Å². The molecule has 0 aliphatic rings. The van der Waals surface area contributed by atoms with E-state index in [-0.39, 0.29) is 11.9 Å². The van der Waals surface area contributed by atoms with Crippen LogP contribution >= 0.6 is 11.6 Å². The van der Waals surface area contributed by atoms with Crippen molar-refractivity contribution < 1.29 is 14.3 Å². The van der Waals surface area contributed by atoms with Gasteiger partial charge < -0.3 is 14.8 Å². The largest absolute Gasteiger partial charge is 0.497 e. The molecular formula is C19H22ClNO3. The summed E-state index contributed by atoms with van der Waals surface area (Å²) in [5.74, 6) is 1.22. The van der Waals surface area contributed by atoms with Crippen molar-refractivity contribution in [3.63, 3.8) is 0 Å². The van der Waals surface area contributed by atoms with Gasteiger partial charge in [-0.1, -0.05) is 36.7 Å². The van der Waals surface area contributed by atoms with Gasteiger partial charge in [-0.2, -0.15) is 0 Å². The van der Waals surface area contributed by atoms with Crippen molar-refractivity contribution in [2.75, 3.05) is 7.11 Å². The Morgan fingerprint density at radius 3 is 2.46 bits per heavy atom. The Bertz CT molecular complexity index is 673. The number of nitrogens with one attached hydrogen (secondary N) is 1. The Kier molecular flexibility index (Phi) is 6.50. The Labute approximate surface area is 147 Å². The second-order valence-electron chi connectivity index (χ2n) is 5.48. The number of carbonyl (C=O) groups is 1. The normalized spacial score (nSPS) is 13.0. The summed E-state index contributed by atoms with van der Waals surface area (Å²) in [6.45, 7) is 3.85. The highest BCUT2D eigenvalue weighted by atomic mass is 35.5. The van der Waals surface area contributed by atoms with E-state index in [4.69, 9.17) is 21.1 Å². The summed E-state index contributed by atoms with van der Waals surface area (Å²) in [6, 6.07) is 14.5. The van der Waals surface area contributed by atoms with E-state index in [1.165, 1.54) is 0 Å². The molecule has 0 saturated carbocycles. The van der Waals surface area contributed by atoms with Crippen LogP contribution in [0.4, 0.5) is 0 Å². The molecule has 0 saturated heterocycles. The number of methoxy groups -OCH3 is 1. The average Bonchev–Trinajstić information content (AvgIpc) is 2.59. The standard InChI is InChI=1S/C19H22ClNO3/c1-4-18(24-17-7-5-6-15(20)12-17)19(22)21-13(2)14-8-10-16(23-3)11-9-14/h5-13,18H,4H2,1-3H3,(H,21,22)/t13-,18+/m0/s1. The summed E-state index contributed by atoms with van der Waals surface area (Å²) in [7, 11) is 1.62. The lowest BCUT2D eigenvalue weighted by atomic mass is 10.1. The highest BCUT2D eigenvalue weighted by Gasteiger charge is 2.20. The third-order valence-corrected chi connectivity index (χ3v) is 3.95. The summed E-state index contributed by atoms with van der Waals surface area (Å²) in [5.41, 5.74) is 1.00. The predicted molar refractivity (Wildman–Crippen MR) is 95.7 cm³/mol. The molecule has 4 nitrogen and oxygen atoms in total. The average molecular weight is 348 g/mol. The van der Waals surface area contributed by atoms with Gasteiger partial charge in [-0.15, -0.1) is 0 Å². The summed E-state index contributed by atoms with van der Waals surface area (Å²) in [4.78, 5) is 12.5. The van der Waals surface area contributed by atoms with Gasteiger partial charge in [0, 0.05) is 5.02 Å². The molecule has 0 aliphatic carbocycles. The molecule has 0 spiro atoms. The Morgan fingerprint density at radius 2 is 1.88 bits per heavy atom. The minimum absolute atomic E-state index is 0.125. The van der Waals surface area contributed by atoms with Crippen molar-refractivity contribution in [3.8, 4) is 11.5 Å². The van der Waals surface area contributed by atoms with Gasteiger partial charge in [-0.25, -0.2) is 0 Å². The van der Waals surface area contributed by atoms with Crippen LogP contribution in [0.25, 0.3) is 0 Å². The maximum atomic E-state index is 12.5. The molecule has 2 aromatic rings. The second-order valence-corrected chi connectivity index (χ2v) is 5.91. The molecular weight excluding hydrogens is 326 g/mol. The maximum absolute atomic E-state index is 12.5. The quantitative estimate of drug-likeness (QED) is 0.808. The van der Waals surface area contributed by atoms with Gasteiger partial charge >= 0.3 is 0 Å². The van der Waals surface area contributed by atoms with Crippen LogP contribution in [0, 0.1) is 0 Å². The van der Waals surface area contributed by atoms with Crippen LogP contribution in [0.5, 0.6) is 11.5 Å².